The van der Waals surface area contributed by atoms with E-state index < -0.39 is 139 Å². The van der Waals surface area contributed by atoms with Gasteiger partial charge in [0.2, 0.25) is 5.91 Å². The molecule has 7 aromatic heterocycles. The molecule has 8 aromatic rings. The van der Waals surface area contributed by atoms with Gasteiger partial charge < -0.3 is 90.3 Å². The van der Waals surface area contributed by atoms with E-state index >= 15 is 19.2 Å². The van der Waals surface area contributed by atoms with Gasteiger partial charge in [-0.15, -0.1) is 56.7 Å². The molecule has 33 nitrogen and oxygen atoms in total. The van der Waals surface area contributed by atoms with E-state index in [4.69, 9.17) is 48.1 Å². The van der Waals surface area contributed by atoms with Gasteiger partial charge in [-0.2, -0.15) is 4.73 Å². The van der Waals surface area contributed by atoms with Gasteiger partial charge in [0, 0.05) is 69.5 Å². The summed E-state index contributed by atoms with van der Waals surface area (Å²) in [5, 5.41) is 79.0. The number of fused-ring (bicyclic) bond motifs is 15. The highest BCUT2D eigenvalue weighted by atomic mass is 32.1. The summed E-state index contributed by atoms with van der Waals surface area (Å²) < 4.78 is 43.8. The van der Waals surface area contributed by atoms with Crippen LogP contribution in [-0.2, 0) is 56.0 Å². The molecule has 5 aliphatic rings. The van der Waals surface area contributed by atoms with Crippen molar-refractivity contribution in [1.82, 2.24) is 71.0 Å². The Bertz CT molecular complexity index is 4630. The van der Waals surface area contributed by atoms with Gasteiger partial charge in [-0.25, -0.2) is 39.5 Å². The Labute approximate surface area is 605 Å². The van der Waals surface area contributed by atoms with E-state index in [0.29, 0.717) is 43.1 Å². The highest BCUT2D eigenvalue weighted by Crippen LogP contribution is 2.43. The van der Waals surface area contributed by atoms with Gasteiger partial charge in [-0.05, 0) is 59.5 Å². The van der Waals surface area contributed by atoms with E-state index in [1.807, 2.05) is 0 Å². The first kappa shape index (κ1) is 72.5. The van der Waals surface area contributed by atoms with Crippen molar-refractivity contribution in [2.75, 3.05) is 67.3 Å². The third kappa shape index (κ3) is 14.9. The fourth-order valence-electron chi connectivity index (χ4n) is 13.0. The lowest BCUT2D eigenvalue weighted by molar-refractivity contribution is -0.280. The molecule has 12 heterocycles. The van der Waals surface area contributed by atoms with E-state index in [9.17, 15) is 40.0 Å². The topological polar surface area (TPSA) is 434 Å². The first-order valence-corrected chi connectivity index (χ1v) is 36.7. The van der Waals surface area contributed by atoms with Gasteiger partial charge in [-0.3, -0.25) is 28.9 Å². The van der Waals surface area contributed by atoms with Gasteiger partial charge in [0.1, 0.15) is 120 Å². The number of ether oxygens (including phenoxy) is 7. The van der Waals surface area contributed by atoms with Crippen LogP contribution in [0.1, 0.15) is 125 Å². The number of benzene rings is 1. The van der Waals surface area contributed by atoms with Gasteiger partial charge >= 0.3 is 11.9 Å². The number of morpholine rings is 1. The van der Waals surface area contributed by atoms with Crippen molar-refractivity contribution in [1.29, 1.82) is 0 Å². The minimum Gasteiger partial charge on any atom is -0.506 e. The number of aliphatic hydroxyl groups excluding tert-OH is 2. The molecule has 0 radical (unpaired) electrons. The van der Waals surface area contributed by atoms with E-state index in [-0.39, 0.29) is 111 Å². The van der Waals surface area contributed by atoms with Gasteiger partial charge in [0.25, 0.3) is 23.6 Å². The smallest absolute Gasteiger partial charge is 0.358 e. The molecular formula is C65H70N14O19S5. The Balaban J connectivity index is 0.960. The second-order valence-corrected chi connectivity index (χ2v) is 29.7. The van der Waals surface area contributed by atoms with E-state index in [1.54, 1.807) is 50.4 Å². The van der Waals surface area contributed by atoms with Crippen LogP contribution in [0, 0.1) is 0 Å². The Morgan fingerprint density at radius 3 is 2.25 bits per heavy atom. The number of rotatable bonds is 11. The third-order valence-corrected chi connectivity index (χ3v) is 22.4. The van der Waals surface area contributed by atoms with Crippen molar-refractivity contribution in [2.24, 2.45) is 0 Å². The molecule has 0 aliphatic carbocycles. The van der Waals surface area contributed by atoms with E-state index in [2.05, 4.69) is 46.4 Å². The maximum Gasteiger partial charge on any atom is 0.358 e. The molecule has 5 aliphatic heterocycles. The quantitative estimate of drug-likeness (QED) is 0.0502. The lowest BCUT2D eigenvalue weighted by atomic mass is 9.85. The van der Waals surface area contributed by atoms with Crippen LogP contribution < -0.4 is 26.6 Å². The Kier molecular flexibility index (Phi) is 21.2. The van der Waals surface area contributed by atoms with Crippen LogP contribution in [-0.4, -0.2) is 233 Å². The van der Waals surface area contributed by atoms with Crippen LogP contribution in [0.25, 0.3) is 49.3 Å². The summed E-state index contributed by atoms with van der Waals surface area (Å²) in [6.07, 6.45) is -7.53. The number of aromatic hydroxyl groups is 1. The number of cyclic esters (lactones) is 2. The Morgan fingerprint density at radius 2 is 1.52 bits per heavy atom. The predicted octanol–water partition coefficient (Wildman–Crippen LogP) is 3.59. The first-order chi connectivity index (χ1) is 49.4. The first-order valence-electron chi connectivity index (χ1n) is 32.3. The molecule has 544 valence electrons. The standard InChI is InChI=1S/C65H70N14O19S5/c1-27(81)44-57(87)75-45(28(2)92-7)60-70-39(26-101-60)56(86)76-48-50-51(98-42-16-65(4,90)52(77(5)6)29(3)97-42)64(89)95-19-30-9-8-10-40-43(30)33(20-94-50)49(79(40)91)63(88)96-21-34(67-54(84)37-25-103-62(48)72-37)59-68-35(22-100-59)46-32(58-69-38(23-99-58)55(85)74-44)15-41(82)47(73-46)61-71-36(24-102-61)53(83)66-31(18-80)17-78-11-13-93-14-12-78/h8-10,15,22-27,29,31,34,42,44,48,50-52,80-82,90-91H,11-14,16-21H2,1-7H3,(H,66,83)(H,67,84)(H,74,85)(H,75,87)(H,76,86)/b45-28+/t27?,29?,31-,34?,42?,44?,48?,50?,51?,52?,65?/m1/s1. The summed E-state index contributed by atoms with van der Waals surface area (Å²) in [6.45, 7) is 6.49. The molecule has 12 bridgehead atoms. The number of aromatic nitrogens is 7. The number of carbonyl (C=O) groups excluding carboxylic acids is 7. The van der Waals surface area contributed by atoms with Crippen molar-refractivity contribution in [3.63, 3.8) is 0 Å². The van der Waals surface area contributed by atoms with E-state index in [0.717, 1.165) is 56.7 Å². The maximum absolute atomic E-state index is 15.2. The van der Waals surface area contributed by atoms with Crippen LogP contribution in [0.4, 0.5) is 0 Å². The maximum atomic E-state index is 15.2. The summed E-state index contributed by atoms with van der Waals surface area (Å²) in [6, 6.07) is 0.0840. The predicted molar refractivity (Wildman–Crippen MR) is 370 cm³/mol. The van der Waals surface area contributed by atoms with Gasteiger partial charge in [0.05, 0.1) is 68.9 Å². The summed E-state index contributed by atoms with van der Waals surface area (Å²) >= 11 is 4.63. The number of hydrogen-bond donors (Lipinski definition) is 10. The largest absolute Gasteiger partial charge is 0.506 e. The number of carbonyl (C=O) groups is 7. The number of pyridine rings is 1. The second kappa shape index (κ2) is 30.1. The number of nitrogens with one attached hydrogen (secondary N) is 5. The number of methoxy groups -OCH3 is 1. The molecular weight excluding hydrogens is 1440 g/mol. The van der Waals surface area contributed by atoms with Gasteiger partial charge in [-0.1, -0.05) is 12.1 Å². The number of hydrogen-bond acceptors (Lipinski definition) is 32. The summed E-state index contributed by atoms with van der Waals surface area (Å²) in [5.74, 6) is -6.90. The lowest BCUT2D eigenvalue weighted by Crippen LogP contribution is -2.62. The van der Waals surface area contributed by atoms with Crippen molar-refractivity contribution >= 4 is 115 Å². The molecule has 1 aromatic carbocycles. The number of aliphatic hydroxyl groups is 3. The summed E-state index contributed by atoms with van der Waals surface area (Å²) in [4.78, 5) is 135. The normalized spacial score (nSPS) is 24.9. The number of allylic oxidation sites excluding steroid dienone is 1. The SMILES string of the molecule is CO/C(C)=C1/NC(=O)C(C(C)O)NC(=O)c2csc(n2)-c2cc(O)c(-c3nc(C(=O)N[C@@H](CO)CN4CCOCC4)cs3)nc2-c2csc(n2)C2COC(=O)c3c4c5c(cccc5n3O)COC(=O)C(OC3CC(C)(O)C(N(C)C)C(C)O3)C(OC4)C(NC(=O)c3csc1n3)c1nc(cs1)C(=O)N2. The molecule has 2 saturated heterocycles. The molecule has 38 heteroatoms. The molecule has 0 saturated carbocycles. The van der Waals surface area contributed by atoms with Crippen LogP contribution in [0.3, 0.4) is 0 Å². The zero-order valence-electron chi connectivity index (χ0n) is 56.1. The number of esters is 2. The summed E-state index contributed by atoms with van der Waals surface area (Å²) in [7, 11) is 4.86. The fourth-order valence-corrected chi connectivity index (χ4v) is 17.2. The lowest BCUT2D eigenvalue weighted by Gasteiger charge is -2.48. The average Bonchev–Trinajstić information content (AvgIpc) is 1.63. The van der Waals surface area contributed by atoms with E-state index in [1.165, 1.54) is 54.6 Å². The molecule has 13 rings (SSSR count). The van der Waals surface area contributed by atoms with Gasteiger partial charge in [0.15, 0.2) is 18.1 Å². The fraction of sp³-hybridized carbons (Fsp3) is 0.431. The highest BCUT2D eigenvalue weighted by molar-refractivity contribution is 7.14. The highest BCUT2D eigenvalue weighted by Gasteiger charge is 2.50. The van der Waals surface area contributed by atoms with Crippen LogP contribution in [0.5, 0.6) is 5.75 Å². The number of likely N-dealkylation sites (N-methyl/N-ethyl adjacent to an activating group) is 1. The van der Waals surface area contributed by atoms with Crippen molar-refractivity contribution < 1.29 is 92.4 Å². The molecule has 2 fully saturated rings. The minimum absolute atomic E-state index is 0.0106. The Morgan fingerprint density at radius 1 is 0.845 bits per heavy atom. The zero-order valence-corrected chi connectivity index (χ0v) is 60.1. The minimum atomic E-state index is -1.91. The molecule has 10 N–H and O–H groups in total. The van der Waals surface area contributed by atoms with Crippen molar-refractivity contribution in [3.05, 3.63) is 112 Å². The Hall–Kier alpha value is -8.87. The van der Waals surface area contributed by atoms with Crippen molar-refractivity contribution in [2.45, 2.75) is 114 Å². The monoisotopic (exact) mass is 1510 g/mol. The molecule has 11 atom stereocenters. The number of nitrogens with zero attached hydrogens (tertiary/aromatic N) is 9. The summed E-state index contributed by atoms with van der Waals surface area (Å²) in [5.41, 5.74) is -2.45. The molecule has 5 amide bonds. The molecule has 103 heavy (non-hydrogen) atoms. The van der Waals surface area contributed by atoms with Crippen LogP contribution >= 0.6 is 56.7 Å². The second-order valence-electron chi connectivity index (χ2n) is 25.3. The number of amides is 5. The average molecular weight is 1510 g/mol. The number of thiazole rings is 5. The third-order valence-electron chi connectivity index (χ3n) is 17.9. The zero-order chi connectivity index (χ0) is 72.9. The molecule has 0 spiro atoms. The van der Waals surface area contributed by atoms with Crippen molar-refractivity contribution in [3.8, 4) is 38.4 Å². The van der Waals surface area contributed by atoms with Crippen LogP contribution in [0.15, 0.2) is 56.9 Å². The van der Waals surface area contributed by atoms with Crippen LogP contribution in [0.2, 0.25) is 0 Å². The molecule has 10 unspecified atom stereocenters.